The van der Waals surface area contributed by atoms with Crippen LogP contribution in [0.1, 0.15) is 53.6 Å². The van der Waals surface area contributed by atoms with Crippen LogP contribution in [0.2, 0.25) is 0 Å². The summed E-state index contributed by atoms with van der Waals surface area (Å²) in [5, 5.41) is 2.60. The van der Waals surface area contributed by atoms with Crippen LogP contribution in [-0.4, -0.2) is 54.6 Å². The lowest BCUT2D eigenvalue weighted by Gasteiger charge is -2.30. The summed E-state index contributed by atoms with van der Waals surface area (Å²) in [6, 6.07) is 18.3. The van der Waals surface area contributed by atoms with Gasteiger partial charge in [-0.05, 0) is 67.9 Å². The number of likely N-dealkylation sites (N-methyl/N-ethyl adjacent to an activating group) is 1. The van der Waals surface area contributed by atoms with Crippen molar-refractivity contribution in [2.75, 3.05) is 25.5 Å². The number of amides is 1. The second-order valence-electron chi connectivity index (χ2n) is 9.95. The van der Waals surface area contributed by atoms with E-state index in [-0.39, 0.29) is 27.7 Å². The lowest BCUT2D eigenvalue weighted by molar-refractivity contribution is -0.113. The molecule has 3 heterocycles. The lowest BCUT2D eigenvalue weighted by Crippen LogP contribution is -2.38. The average Bonchev–Trinajstić information content (AvgIpc) is 2.94. The summed E-state index contributed by atoms with van der Waals surface area (Å²) in [6.45, 7) is 2.95. The Hall–Kier alpha value is -4.02. The number of nitrogens with one attached hydrogen (secondary N) is 1. The number of hydrogen-bond acceptors (Lipinski definition) is 7. The average molecular weight is 561 g/mol. The Balaban J connectivity index is 1.43. The molecular formula is C30H32N4O5S. The summed E-state index contributed by atoms with van der Waals surface area (Å²) in [7, 11) is -2.81. The van der Waals surface area contributed by atoms with Crippen molar-refractivity contribution < 1.29 is 22.7 Å². The monoisotopic (exact) mass is 560 g/mol. The van der Waals surface area contributed by atoms with Crippen molar-refractivity contribution in [3.05, 3.63) is 95.3 Å². The number of pyridine rings is 1. The second-order valence-corrected chi connectivity index (χ2v) is 11.9. The summed E-state index contributed by atoms with van der Waals surface area (Å²) in [4.78, 5) is 33.2. The molecule has 1 fully saturated rings. The molecule has 10 heteroatoms. The predicted molar refractivity (Wildman–Crippen MR) is 151 cm³/mol. The van der Waals surface area contributed by atoms with Gasteiger partial charge in [0, 0.05) is 25.4 Å². The predicted octanol–water partition coefficient (Wildman–Crippen LogP) is 4.65. The molecule has 0 atom stereocenters. The zero-order valence-corrected chi connectivity index (χ0v) is 23.2. The van der Waals surface area contributed by atoms with Crippen molar-refractivity contribution in [2.24, 2.45) is 0 Å². The number of rotatable bonds is 6. The SMILES string of the molecule is CN1C(C(=O)Nc2ccccn2)=C(OC(=O)c2ccc(CN3CCCCCCC3)cc2)c2ccccc2S1(=O)=O. The van der Waals surface area contributed by atoms with E-state index < -0.39 is 21.9 Å². The molecule has 5 rings (SSSR count). The maximum Gasteiger partial charge on any atom is 0.343 e. The summed E-state index contributed by atoms with van der Waals surface area (Å²) in [5.41, 5.74) is 1.21. The highest BCUT2D eigenvalue weighted by Gasteiger charge is 2.39. The van der Waals surface area contributed by atoms with Gasteiger partial charge in [0.25, 0.3) is 15.9 Å². The van der Waals surface area contributed by atoms with Gasteiger partial charge >= 0.3 is 5.97 Å². The van der Waals surface area contributed by atoms with Gasteiger partial charge in [0.1, 0.15) is 5.82 Å². The minimum Gasteiger partial charge on any atom is -0.420 e. The van der Waals surface area contributed by atoms with E-state index in [1.807, 2.05) is 12.1 Å². The van der Waals surface area contributed by atoms with Crippen LogP contribution in [0.3, 0.4) is 0 Å². The molecule has 1 aromatic heterocycles. The van der Waals surface area contributed by atoms with Crippen molar-refractivity contribution in [3.63, 3.8) is 0 Å². The van der Waals surface area contributed by atoms with Crippen molar-refractivity contribution in [3.8, 4) is 0 Å². The summed E-state index contributed by atoms with van der Waals surface area (Å²) < 4.78 is 33.2. The van der Waals surface area contributed by atoms with Crippen LogP contribution < -0.4 is 5.32 Å². The number of ether oxygens (including phenoxy) is 1. The number of benzene rings is 2. The highest BCUT2D eigenvalue weighted by atomic mass is 32.2. The van der Waals surface area contributed by atoms with Gasteiger partial charge in [-0.3, -0.25) is 14.0 Å². The molecule has 2 aliphatic heterocycles. The number of carbonyl (C=O) groups is 2. The van der Waals surface area contributed by atoms with Gasteiger partial charge < -0.3 is 10.1 Å². The molecule has 2 aliphatic rings. The standard InChI is InChI=1S/C30H32N4O5S/c1-33-27(29(35)32-26-13-7-8-18-31-26)28(24-11-5-6-12-25(24)40(33,37)38)39-30(36)23-16-14-22(15-17-23)21-34-19-9-3-2-4-10-20-34/h5-8,11-18H,2-4,9-10,19-21H2,1H3,(H,31,32,35). The van der Waals surface area contributed by atoms with E-state index in [0.29, 0.717) is 5.56 Å². The number of esters is 1. The third-order valence-electron chi connectivity index (χ3n) is 7.16. The number of hydrogen-bond donors (Lipinski definition) is 1. The van der Waals surface area contributed by atoms with E-state index in [1.165, 1.54) is 57.5 Å². The topological polar surface area (TPSA) is 109 Å². The largest absolute Gasteiger partial charge is 0.420 e. The highest BCUT2D eigenvalue weighted by Crippen LogP contribution is 2.37. The summed E-state index contributed by atoms with van der Waals surface area (Å²) in [5.74, 6) is -1.38. The molecule has 1 saturated heterocycles. The number of aromatic nitrogens is 1. The van der Waals surface area contributed by atoms with Crippen LogP contribution in [0.5, 0.6) is 0 Å². The smallest absolute Gasteiger partial charge is 0.343 e. The Morgan fingerprint density at radius 3 is 2.27 bits per heavy atom. The molecule has 208 valence electrons. The van der Waals surface area contributed by atoms with E-state index in [2.05, 4.69) is 15.2 Å². The Kier molecular flexibility index (Phi) is 8.27. The molecular weight excluding hydrogens is 528 g/mol. The van der Waals surface area contributed by atoms with E-state index in [1.54, 1.807) is 42.5 Å². The maximum atomic E-state index is 13.4. The van der Waals surface area contributed by atoms with Crippen LogP contribution in [0.25, 0.3) is 5.76 Å². The van der Waals surface area contributed by atoms with E-state index in [9.17, 15) is 18.0 Å². The molecule has 0 saturated carbocycles. The molecule has 0 aliphatic carbocycles. The first-order chi connectivity index (χ1) is 19.3. The number of anilines is 1. The zero-order valence-electron chi connectivity index (χ0n) is 22.4. The molecule has 1 N–H and O–H groups in total. The van der Waals surface area contributed by atoms with Gasteiger partial charge in [-0.2, -0.15) is 0 Å². The van der Waals surface area contributed by atoms with Crippen molar-refractivity contribution in [2.45, 2.75) is 43.5 Å². The fourth-order valence-electron chi connectivity index (χ4n) is 5.01. The van der Waals surface area contributed by atoms with Crippen LogP contribution in [-0.2, 0) is 26.1 Å². The minimum atomic E-state index is -4.07. The van der Waals surface area contributed by atoms with Crippen molar-refractivity contribution in [1.82, 2.24) is 14.2 Å². The quantitative estimate of drug-likeness (QED) is 0.437. The first-order valence-electron chi connectivity index (χ1n) is 13.4. The van der Waals surface area contributed by atoms with E-state index in [4.69, 9.17) is 4.74 Å². The van der Waals surface area contributed by atoms with Crippen LogP contribution in [0.4, 0.5) is 5.82 Å². The van der Waals surface area contributed by atoms with Gasteiger partial charge in [-0.25, -0.2) is 18.2 Å². The number of carbonyl (C=O) groups excluding carboxylic acids is 2. The normalized spacial score (nSPS) is 17.4. The molecule has 9 nitrogen and oxygen atoms in total. The molecule has 40 heavy (non-hydrogen) atoms. The van der Waals surface area contributed by atoms with Gasteiger partial charge in [-0.15, -0.1) is 0 Å². The molecule has 0 bridgehead atoms. The van der Waals surface area contributed by atoms with Crippen molar-refractivity contribution >= 4 is 33.5 Å². The Bertz CT molecular complexity index is 1510. The number of likely N-dealkylation sites (tertiary alicyclic amines) is 1. The summed E-state index contributed by atoms with van der Waals surface area (Å²) in [6.07, 6.45) is 7.72. The molecule has 0 radical (unpaired) electrons. The highest BCUT2D eigenvalue weighted by molar-refractivity contribution is 7.89. The van der Waals surface area contributed by atoms with Crippen molar-refractivity contribution in [1.29, 1.82) is 0 Å². The molecule has 1 amide bonds. The Morgan fingerprint density at radius 2 is 1.57 bits per heavy atom. The zero-order chi connectivity index (χ0) is 28.1. The first-order valence-corrected chi connectivity index (χ1v) is 14.9. The van der Waals surface area contributed by atoms with Gasteiger partial charge in [0.05, 0.1) is 10.5 Å². The molecule has 3 aromatic rings. The minimum absolute atomic E-state index is 0.0571. The van der Waals surface area contributed by atoms with Crippen LogP contribution >= 0.6 is 0 Å². The van der Waals surface area contributed by atoms with Crippen LogP contribution in [0, 0.1) is 0 Å². The molecule has 0 unspecified atom stereocenters. The third-order valence-corrected chi connectivity index (χ3v) is 8.98. The maximum absolute atomic E-state index is 13.4. The third kappa shape index (κ3) is 5.93. The Morgan fingerprint density at radius 1 is 0.900 bits per heavy atom. The second kappa shape index (κ2) is 12.0. The van der Waals surface area contributed by atoms with Gasteiger partial charge in [-0.1, -0.05) is 49.6 Å². The molecule has 0 spiro atoms. The fraction of sp³-hybridized carbons (Fsp3) is 0.300. The van der Waals surface area contributed by atoms with Gasteiger partial charge in [0.2, 0.25) is 0 Å². The fourth-order valence-corrected chi connectivity index (χ4v) is 6.40. The Labute approximate surface area is 234 Å². The first kappa shape index (κ1) is 27.5. The number of fused-ring (bicyclic) bond motifs is 1. The summed E-state index contributed by atoms with van der Waals surface area (Å²) >= 11 is 0. The lowest BCUT2D eigenvalue weighted by atomic mass is 10.1. The number of sulfonamides is 1. The molecule has 2 aromatic carbocycles. The van der Waals surface area contributed by atoms with Crippen LogP contribution in [0.15, 0.2) is 83.5 Å². The van der Waals surface area contributed by atoms with E-state index in [0.717, 1.165) is 29.5 Å². The van der Waals surface area contributed by atoms with Gasteiger partial charge in [0.15, 0.2) is 11.5 Å². The van der Waals surface area contributed by atoms with E-state index >= 15 is 0 Å². The number of nitrogens with zero attached hydrogens (tertiary/aromatic N) is 3.